The maximum absolute atomic E-state index is 13.4. The van der Waals surface area contributed by atoms with Gasteiger partial charge in [0.05, 0.1) is 23.8 Å². The van der Waals surface area contributed by atoms with Gasteiger partial charge in [0, 0.05) is 17.0 Å². The van der Waals surface area contributed by atoms with E-state index in [1.54, 1.807) is 12.1 Å². The van der Waals surface area contributed by atoms with Crippen molar-refractivity contribution in [3.8, 4) is 11.4 Å². The predicted octanol–water partition coefficient (Wildman–Crippen LogP) is 4.47. The van der Waals surface area contributed by atoms with Crippen LogP contribution >= 0.6 is 23.1 Å². The Morgan fingerprint density at radius 3 is 2.84 bits per heavy atom. The van der Waals surface area contributed by atoms with Gasteiger partial charge in [0.1, 0.15) is 16.5 Å². The van der Waals surface area contributed by atoms with Crippen molar-refractivity contribution in [2.75, 3.05) is 6.61 Å². The molecule has 0 aliphatic carbocycles. The van der Waals surface area contributed by atoms with E-state index in [9.17, 15) is 9.18 Å². The Kier molecular flexibility index (Phi) is 5.83. The van der Waals surface area contributed by atoms with Crippen molar-refractivity contribution in [2.45, 2.75) is 50.2 Å². The topological polar surface area (TPSA) is 85.7 Å². The Morgan fingerprint density at radius 2 is 2.09 bits per heavy atom. The number of halogens is 1. The first-order chi connectivity index (χ1) is 15.5. The molecular weight excluding hydrogens is 449 g/mol. The summed E-state index contributed by atoms with van der Waals surface area (Å²) in [6.07, 6.45) is 2.11. The molecule has 1 N–H and O–H groups in total. The van der Waals surface area contributed by atoms with E-state index in [4.69, 9.17) is 4.74 Å². The van der Waals surface area contributed by atoms with Crippen molar-refractivity contribution in [2.24, 2.45) is 0 Å². The zero-order valence-corrected chi connectivity index (χ0v) is 19.4. The van der Waals surface area contributed by atoms with E-state index in [-0.39, 0.29) is 17.5 Å². The van der Waals surface area contributed by atoms with Crippen LogP contribution in [0.15, 0.2) is 34.2 Å². The average molecular weight is 472 g/mol. The summed E-state index contributed by atoms with van der Waals surface area (Å²) in [7, 11) is 0. The van der Waals surface area contributed by atoms with Crippen molar-refractivity contribution < 1.29 is 9.13 Å². The highest BCUT2D eigenvalue weighted by Crippen LogP contribution is 2.29. The highest BCUT2D eigenvalue weighted by atomic mass is 32.2. The molecule has 0 saturated carbocycles. The van der Waals surface area contributed by atoms with Crippen molar-refractivity contribution in [3.05, 3.63) is 56.7 Å². The number of nitrogens with zero attached hydrogens (tertiary/aromatic N) is 4. The standard InChI is InChI=1S/C22H22FN5O2S2/c1-12-13(2)32-21-18(12)20(29)24-17(25-21)11-31-22-27-26-19(14-5-7-15(23)8-6-14)28(22)10-16-4-3-9-30-16/h5-8,16H,3-4,9-11H2,1-2H3,(H,24,25,29). The number of nitrogens with one attached hydrogen (secondary N) is 1. The van der Waals surface area contributed by atoms with Crippen LogP contribution in [0, 0.1) is 19.7 Å². The first-order valence-corrected chi connectivity index (χ1v) is 12.2. The lowest BCUT2D eigenvalue weighted by molar-refractivity contribution is 0.0953. The molecule has 1 unspecified atom stereocenters. The molecule has 0 amide bonds. The number of ether oxygens (including phenoxy) is 1. The van der Waals surface area contributed by atoms with Crippen molar-refractivity contribution in [3.63, 3.8) is 0 Å². The summed E-state index contributed by atoms with van der Waals surface area (Å²) in [5.41, 5.74) is 1.67. The van der Waals surface area contributed by atoms with E-state index in [2.05, 4.69) is 20.2 Å². The van der Waals surface area contributed by atoms with Crippen LogP contribution in [0.2, 0.25) is 0 Å². The summed E-state index contributed by atoms with van der Waals surface area (Å²) in [5, 5.41) is 10.1. The SMILES string of the molecule is Cc1sc2nc(CSc3nnc(-c4ccc(F)cc4)n3CC3CCCO3)[nH]c(=O)c2c1C. The fourth-order valence-corrected chi connectivity index (χ4v) is 5.73. The number of benzene rings is 1. The quantitative estimate of drug-likeness (QED) is 0.418. The molecule has 1 aliphatic rings. The number of fused-ring (bicyclic) bond motifs is 1. The molecule has 7 nitrogen and oxygen atoms in total. The molecule has 1 saturated heterocycles. The summed E-state index contributed by atoms with van der Waals surface area (Å²) >= 11 is 3.00. The van der Waals surface area contributed by atoms with E-state index in [1.165, 1.54) is 35.2 Å². The summed E-state index contributed by atoms with van der Waals surface area (Å²) in [6.45, 7) is 5.32. The molecule has 3 aromatic heterocycles. The van der Waals surface area contributed by atoms with Crippen LogP contribution in [0.4, 0.5) is 4.39 Å². The number of hydrogen-bond donors (Lipinski definition) is 1. The maximum Gasteiger partial charge on any atom is 0.259 e. The lowest BCUT2D eigenvalue weighted by atomic mass is 10.2. The average Bonchev–Trinajstić information content (AvgIpc) is 3.49. The van der Waals surface area contributed by atoms with Crippen LogP contribution in [0.1, 0.15) is 29.1 Å². The predicted molar refractivity (Wildman–Crippen MR) is 124 cm³/mol. The smallest absolute Gasteiger partial charge is 0.259 e. The first kappa shape index (κ1) is 21.3. The second kappa shape index (κ2) is 8.76. The molecular formula is C22H22FN5O2S2. The third-order valence-electron chi connectivity index (χ3n) is 5.66. The van der Waals surface area contributed by atoms with Crippen LogP contribution in [0.3, 0.4) is 0 Å². The van der Waals surface area contributed by atoms with Crippen LogP contribution in [0.25, 0.3) is 21.6 Å². The Labute approximate surface area is 192 Å². The molecule has 1 fully saturated rings. The minimum atomic E-state index is -0.294. The van der Waals surface area contributed by atoms with Crippen molar-refractivity contribution >= 4 is 33.3 Å². The van der Waals surface area contributed by atoms with Gasteiger partial charge in [-0.2, -0.15) is 0 Å². The largest absolute Gasteiger partial charge is 0.376 e. The van der Waals surface area contributed by atoms with Gasteiger partial charge in [-0.15, -0.1) is 21.5 Å². The van der Waals surface area contributed by atoms with Gasteiger partial charge >= 0.3 is 0 Å². The second-order valence-electron chi connectivity index (χ2n) is 7.82. The van der Waals surface area contributed by atoms with E-state index in [0.29, 0.717) is 34.5 Å². The summed E-state index contributed by atoms with van der Waals surface area (Å²) in [4.78, 5) is 22.0. The minimum Gasteiger partial charge on any atom is -0.376 e. The summed E-state index contributed by atoms with van der Waals surface area (Å²) < 4.78 is 21.3. The van der Waals surface area contributed by atoms with Crippen LogP contribution in [0.5, 0.6) is 0 Å². The zero-order valence-electron chi connectivity index (χ0n) is 17.7. The van der Waals surface area contributed by atoms with Gasteiger partial charge < -0.3 is 9.72 Å². The number of aromatic nitrogens is 5. The molecule has 0 radical (unpaired) electrons. The summed E-state index contributed by atoms with van der Waals surface area (Å²) in [6, 6.07) is 6.24. The molecule has 1 aliphatic heterocycles. The Hall–Kier alpha value is -2.56. The second-order valence-corrected chi connectivity index (χ2v) is 9.97. The third-order valence-corrected chi connectivity index (χ3v) is 7.73. The minimum absolute atomic E-state index is 0.0934. The highest BCUT2D eigenvalue weighted by Gasteiger charge is 2.22. The monoisotopic (exact) mass is 471 g/mol. The van der Waals surface area contributed by atoms with E-state index in [1.807, 2.05) is 18.4 Å². The van der Waals surface area contributed by atoms with Gasteiger partial charge in [-0.1, -0.05) is 11.8 Å². The molecule has 10 heteroatoms. The zero-order chi connectivity index (χ0) is 22.2. The number of hydrogen-bond acceptors (Lipinski definition) is 7. The lowest BCUT2D eigenvalue weighted by Gasteiger charge is -2.14. The summed E-state index contributed by atoms with van der Waals surface area (Å²) in [5.74, 6) is 1.43. The number of rotatable bonds is 6. The van der Waals surface area contributed by atoms with Gasteiger partial charge in [0.15, 0.2) is 11.0 Å². The molecule has 166 valence electrons. The molecule has 4 heterocycles. The molecule has 5 rings (SSSR count). The Balaban J connectivity index is 1.44. The van der Waals surface area contributed by atoms with Crippen LogP contribution < -0.4 is 5.56 Å². The van der Waals surface area contributed by atoms with Gasteiger partial charge in [0.2, 0.25) is 0 Å². The molecule has 32 heavy (non-hydrogen) atoms. The Bertz CT molecular complexity index is 1320. The molecule has 1 aromatic carbocycles. The highest BCUT2D eigenvalue weighted by molar-refractivity contribution is 7.98. The molecule has 4 aromatic rings. The maximum atomic E-state index is 13.4. The van der Waals surface area contributed by atoms with E-state index >= 15 is 0 Å². The van der Waals surface area contributed by atoms with Gasteiger partial charge in [-0.3, -0.25) is 9.36 Å². The fourth-order valence-electron chi connectivity index (χ4n) is 3.87. The van der Waals surface area contributed by atoms with Gasteiger partial charge in [-0.25, -0.2) is 9.37 Å². The Morgan fingerprint density at radius 1 is 1.28 bits per heavy atom. The normalized spacial score (nSPS) is 16.3. The number of thiophene rings is 1. The van der Waals surface area contributed by atoms with Crippen LogP contribution in [-0.2, 0) is 17.0 Å². The molecule has 0 spiro atoms. The van der Waals surface area contributed by atoms with Gasteiger partial charge in [0.25, 0.3) is 5.56 Å². The number of H-pyrrole nitrogens is 1. The van der Waals surface area contributed by atoms with E-state index in [0.717, 1.165) is 40.3 Å². The lowest BCUT2D eigenvalue weighted by Crippen LogP contribution is -2.17. The van der Waals surface area contributed by atoms with Crippen molar-refractivity contribution in [1.29, 1.82) is 0 Å². The fraction of sp³-hybridized carbons (Fsp3) is 0.364. The first-order valence-electron chi connectivity index (χ1n) is 10.4. The van der Waals surface area contributed by atoms with Crippen molar-refractivity contribution in [1.82, 2.24) is 24.7 Å². The van der Waals surface area contributed by atoms with E-state index < -0.39 is 0 Å². The number of thioether (sulfide) groups is 1. The number of aromatic amines is 1. The number of aryl methyl sites for hydroxylation is 2. The van der Waals surface area contributed by atoms with Crippen LogP contribution in [-0.4, -0.2) is 37.4 Å². The third kappa shape index (κ3) is 4.10. The molecule has 0 bridgehead atoms. The molecule has 1 atom stereocenters. The van der Waals surface area contributed by atoms with Gasteiger partial charge in [-0.05, 0) is 56.5 Å².